The second kappa shape index (κ2) is 7.98. The molecule has 158 valence electrons. The molecule has 1 aromatic carbocycles. The third-order valence-corrected chi connectivity index (χ3v) is 5.05. The van der Waals surface area contributed by atoms with Gasteiger partial charge in [0.15, 0.2) is 11.5 Å². The average Bonchev–Trinajstić information content (AvgIpc) is 2.75. The van der Waals surface area contributed by atoms with Gasteiger partial charge in [0, 0.05) is 19.3 Å². The number of methoxy groups -OCH3 is 1. The number of aromatic nitrogens is 5. The van der Waals surface area contributed by atoms with Crippen molar-refractivity contribution in [1.82, 2.24) is 29.8 Å². The van der Waals surface area contributed by atoms with E-state index in [-0.39, 0.29) is 36.4 Å². The molecule has 0 spiro atoms. The standard InChI is InChI=1S/C21H20N6O4/c1-11-9-14-15(10-12(11)2)27(17-16(24-14)19(29)26-21(30)25-17)8-7-22-18(28)13-5-4-6-23-20(13)31-3/h4-6,9-10H,7-8H2,1-3H3,(H,22,28)(H,26,29,30). The van der Waals surface area contributed by atoms with Gasteiger partial charge in [-0.15, -0.1) is 0 Å². The predicted octanol–water partition coefficient (Wildman–Crippen LogP) is 1.04. The molecule has 2 aliphatic rings. The lowest BCUT2D eigenvalue weighted by Crippen LogP contribution is -2.32. The summed E-state index contributed by atoms with van der Waals surface area (Å²) in [5, 5.41) is 2.81. The number of nitrogens with zero attached hydrogens (tertiary/aromatic N) is 4. The molecule has 0 aliphatic carbocycles. The van der Waals surface area contributed by atoms with Crippen LogP contribution in [0.3, 0.4) is 0 Å². The Kier molecular flexibility index (Phi) is 5.20. The maximum Gasteiger partial charge on any atom is 0.349 e. The molecule has 0 fully saturated rings. The number of carbonyl (C=O) groups is 1. The number of amides is 1. The minimum atomic E-state index is -0.750. The second-order valence-electron chi connectivity index (χ2n) is 7.05. The zero-order chi connectivity index (χ0) is 22.1. The summed E-state index contributed by atoms with van der Waals surface area (Å²) in [7, 11) is 1.44. The highest BCUT2D eigenvalue weighted by Crippen LogP contribution is 2.23. The van der Waals surface area contributed by atoms with E-state index in [0.717, 1.165) is 11.1 Å². The third-order valence-electron chi connectivity index (χ3n) is 5.05. The topological polar surface area (TPSA) is 132 Å². The van der Waals surface area contributed by atoms with Gasteiger partial charge >= 0.3 is 5.69 Å². The fraction of sp³-hybridized carbons (Fsp3) is 0.238. The van der Waals surface area contributed by atoms with Gasteiger partial charge in [0.1, 0.15) is 5.56 Å². The highest BCUT2D eigenvalue weighted by molar-refractivity contribution is 5.96. The summed E-state index contributed by atoms with van der Waals surface area (Å²) in [6, 6.07) is 7.07. The molecule has 1 amide bonds. The smallest absolute Gasteiger partial charge is 0.349 e. The third kappa shape index (κ3) is 3.75. The van der Waals surface area contributed by atoms with E-state index < -0.39 is 11.2 Å². The lowest BCUT2D eigenvalue weighted by molar-refractivity contribution is 0.0948. The van der Waals surface area contributed by atoms with Crippen LogP contribution in [0.4, 0.5) is 0 Å². The van der Waals surface area contributed by atoms with E-state index >= 15 is 0 Å². The van der Waals surface area contributed by atoms with Crippen LogP contribution in [0.1, 0.15) is 21.5 Å². The van der Waals surface area contributed by atoms with Crippen molar-refractivity contribution in [3.8, 4) is 17.4 Å². The van der Waals surface area contributed by atoms with Gasteiger partial charge in [-0.3, -0.25) is 14.6 Å². The minimum Gasteiger partial charge on any atom is -0.480 e. The van der Waals surface area contributed by atoms with Gasteiger partial charge in [-0.2, -0.15) is 4.98 Å². The van der Waals surface area contributed by atoms with E-state index in [1.54, 1.807) is 16.7 Å². The summed E-state index contributed by atoms with van der Waals surface area (Å²) in [6.07, 6.45) is 1.54. The fourth-order valence-corrected chi connectivity index (χ4v) is 3.38. The number of nitrogens with one attached hydrogen (secondary N) is 2. The van der Waals surface area contributed by atoms with Gasteiger partial charge in [0.25, 0.3) is 11.5 Å². The molecule has 31 heavy (non-hydrogen) atoms. The maximum atomic E-state index is 12.6. The fourth-order valence-electron chi connectivity index (χ4n) is 3.38. The van der Waals surface area contributed by atoms with E-state index in [9.17, 15) is 14.4 Å². The first kappa shape index (κ1) is 20.2. The van der Waals surface area contributed by atoms with Crippen molar-refractivity contribution in [2.75, 3.05) is 13.7 Å². The van der Waals surface area contributed by atoms with Gasteiger partial charge in [-0.05, 0) is 49.2 Å². The largest absolute Gasteiger partial charge is 0.480 e. The van der Waals surface area contributed by atoms with E-state index in [1.807, 2.05) is 26.0 Å². The zero-order valence-corrected chi connectivity index (χ0v) is 17.2. The van der Waals surface area contributed by atoms with Gasteiger partial charge in [-0.25, -0.2) is 14.8 Å². The molecule has 0 saturated carbocycles. The van der Waals surface area contributed by atoms with E-state index in [1.165, 1.54) is 13.3 Å². The average molecular weight is 420 g/mol. The maximum absolute atomic E-state index is 12.6. The van der Waals surface area contributed by atoms with Crippen LogP contribution in [0.2, 0.25) is 0 Å². The molecule has 10 nitrogen and oxygen atoms in total. The number of H-pyrrole nitrogens is 1. The minimum absolute atomic E-state index is 0.0654. The molecule has 2 N–H and O–H groups in total. The second-order valence-corrected chi connectivity index (χ2v) is 7.05. The van der Waals surface area contributed by atoms with Crippen LogP contribution in [-0.4, -0.2) is 44.1 Å². The van der Waals surface area contributed by atoms with Crippen molar-refractivity contribution in [1.29, 1.82) is 0 Å². The Morgan fingerprint density at radius 3 is 2.74 bits per heavy atom. The van der Waals surface area contributed by atoms with Gasteiger partial charge in [-0.1, -0.05) is 0 Å². The molecule has 0 saturated heterocycles. The number of pyridine rings is 1. The highest BCUT2D eigenvalue weighted by atomic mass is 16.5. The molecular formula is C21H20N6O4. The first-order valence-electron chi connectivity index (χ1n) is 9.58. The van der Waals surface area contributed by atoms with Crippen molar-refractivity contribution in [3.05, 3.63) is 68.0 Å². The van der Waals surface area contributed by atoms with Crippen LogP contribution in [0.15, 0.2) is 40.1 Å². The molecule has 10 heteroatoms. The zero-order valence-electron chi connectivity index (χ0n) is 17.2. The van der Waals surface area contributed by atoms with Crippen LogP contribution in [0.25, 0.3) is 22.6 Å². The highest BCUT2D eigenvalue weighted by Gasteiger charge is 2.19. The Morgan fingerprint density at radius 2 is 1.97 bits per heavy atom. The Bertz CT molecular complexity index is 1390. The van der Waals surface area contributed by atoms with E-state index in [2.05, 4.69) is 25.3 Å². The molecule has 3 heterocycles. The molecule has 2 aliphatic heterocycles. The lowest BCUT2D eigenvalue weighted by atomic mass is 10.1. The number of ether oxygens (including phenoxy) is 1. The number of carbonyl (C=O) groups excluding carboxylic acids is 1. The molecule has 0 atom stereocenters. The predicted molar refractivity (Wildman–Crippen MR) is 114 cm³/mol. The van der Waals surface area contributed by atoms with Crippen LogP contribution >= 0.6 is 0 Å². The molecule has 4 rings (SSSR count). The normalized spacial score (nSPS) is 11.1. The van der Waals surface area contributed by atoms with Crippen LogP contribution in [0.5, 0.6) is 5.88 Å². The van der Waals surface area contributed by atoms with Crippen molar-refractivity contribution < 1.29 is 9.53 Å². The van der Waals surface area contributed by atoms with Gasteiger partial charge in [0.2, 0.25) is 5.88 Å². The SMILES string of the molecule is COc1ncccc1C(=O)NCCn1c2nc(=O)[nH]c(=O)c-2nc2cc(C)c(C)cc21. The Morgan fingerprint density at radius 1 is 1.19 bits per heavy atom. The van der Waals surface area contributed by atoms with Gasteiger partial charge < -0.3 is 14.6 Å². The van der Waals surface area contributed by atoms with Crippen molar-refractivity contribution in [3.63, 3.8) is 0 Å². The molecule has 1 aromatic heterocycles. The monoisotopic (exact) mass is 420 g/mol. The van der Waals surface area contributed by atoms with Crippen LogP contribution in [-0.2, 0) is 6.54 Å². The summed E-state index contributed by atoms with van der Waals surface area (Å²) < 4.78 is 6.85. The van der Waals surface area contributed by atoms with Gasteiger partial charge in [0.05, 0.1) is 18.1 Å². The molecule has 2 aromatic rings. The quantitative estimate of drug-likeness (QED) is 0.461. The molecule has 0 unspecified atom stereocenters. The summed E-state index contributed by atoms with van der Waals surface area (Å²) in [5.74, 6) is 0.0380. The van der Waals surface area contributed by atoms with E-state index in [4.69, 9.17) is 4.74 Å². The number of hydrogen-bond donors (Lipinski definition) is 2. The number of aromatic amines is 1. The van der Waals surface area contributed by atoms with Crippen molar-refractivity contribution in [2.24, 2.45) is 0 Å². The summed E-state index contributed by atoms with van der Waals surface area (Å²) in [4.78, 5) is 51.3. The Hall–Kier alpha value is -4.08. The summed E-state index contributed by atoms with van der Waals surface area (Å²) in [6.45, 7) is 4.40. The van der Waals surface area contributed by atoms with Crippen LogP contribution < -0.4 is 21.3 Å². The van der Waals surface area contributed by atoms with E-state index in [0.29, 0.717) is 16.6 Å². The molecule has 0 bridgehead atoms. The number of hydrogen-bond acceptors (Lipinski definition) is 7. The number of fused-ring (bicyclic) bond motifs is 2. The lowest BCUT2D eigenvalue weighted by Gasteiger charge is -2.18. The summed E-state index contributed by atoms with van der Waals surface area (Å²) in [5.41, 5.74) is 2.38. The van der Waals surface area contributed by atoms with Crippen molar-refractivity contribution in [2.45, 2.75) is 20.4 Å². The Balaban J connectivity index is 1.73. The molecule has 0 radical (unpaired) electrons. The summed E-state index contributed by atoms with van der Waals surface area (Å²) >= 11 is 0. The number of rotatable bonds is 5. The first-order chi connectivity index (χ1) is 14.9. The number of aryl methyl sites for hydroxylation is 2. The van der Waals surface area contributed by atoms with Crippen molar-refractivity contribution >= 4 is 16.9 Å². The number of benzene rings is 1. The Labute approximate surface area is 176 Å². The van der Waals surface area contributed by atoms with Crippen LogP contribution in [0, 0.1) is 13.8 Å². The first-order valence-corrected chi connectivity index (χ1v) is 9.58. The molecular weight excluding hydrogens is 400 g/mol.